The number of likely N-dealkylation sites (tertiary alicyclic amines) is 1. The van der Waals surface area contributed by atoms with Crippen LogP contribution in [0.1, 0.15) is 51.2 Å². The van der Waals surface area contributed by atoms with Gasteiger partial charge in [-0.25, -0.2) is 4.79 Å². The van der Waals surface area contributed by atoms with E-state index in [1.807, 2.05) is 37.8 Å². The molecule has 31 heavy (non-hydrogen) atoms. The molecule has 1 heterocycles. The molecule has 0 spiro atoms. The molecule has 0 unspecified atom stereocenters. The number of halogens is 1. The molecule has 0 bridgehead atoms. The number of ether oxygens (including phenoxy) is 1. The summed E-state index contributed by atoms with van der Waals surface area (Å²) in [6.45, 7) is 8.81. The summed E-state index contributed by atoms with van der Waals surface area (Å²) in [7, 11) is 1.73. The highest BCUT2D eigenvalue weighted by molar-refractivity contribution is 14.0. The smallest absolute Gasteiger partial charge is 0.407 e. The molecule has 1 aromatic rings. The van der Waals surface area contributed by atoms with Gasteiger partial charge in [-0.3, -0.25) is 9.79 Å². The van der Waals surface area contributed by atoms with E-state index < -0.39 is 11.7 Å². The molecule has 0 atom stereocenters. The Morgan fingerprint density at radius 1 is 1.13 bits per heavy atom. The molecule has 2 amide bonds. The summed E-state index contributed by atoms with van der Waals surface area (Å²) < 4.78 is 5.21. The number of nitrogens with zero attached hydrogens (tertiary/aromatic N) is 2. The molecular formula is C22H36IN5O3. The number of carbonyl (C=O) groups excluding carboxylic acids is 2. The van der Waals surface area contributed by atoms with Crippen LogP contribution in [0.3, 0.4) is 0 Å². The number of nitrogens with one attached hydrogen (secondary N) is 3. The number of alkyl carbamates (subject to hydrolysis) is 1. The number of amides is 2. The average Bonchev–Trinajstić information content (AvgIpc) is 3.08. The minimum absolute atomic E-state index is 0. The molecule has 2 rings (SSSR count). The van der Waals surface area contributed by atoms with Crippen molar-refractivity contribution in [2.24, 2.45) is 4.99 Å². The zero-order chi connectivity index (χ0) is 22.0. The van der Waals surface area contributed by atoms with Crippen molar-refractivity contribution in [2.45, 2.75) is 58.7 Å². The molecule has 9 heteroatoms. The molecule has 0 saturated carbocycles. The van der Waals surface area contributed by atoms with Crippen molar-refractivity contribution in [1.82, 2.24) is 20.9 Å². The molecule has 0 aliphatic carbocycles. The summed E-state index contributed by atoms with van der Waals surface area (Å²) in [5.41, 5.74) is 1.80. The third-order valence-corrected chi connectivity index (χ3v) is 4.64. The van der Waals surface area contributed by atoms with Gasteiger partial charge in [-0.2, -0.15) is 0 Å². The van der Waals surface area contributed by atoms with Crippen molar-refractivity contribution in [3.63, 3.8) is 0 Å². The number of guanidine groups is 1. The molecule has 1 aromatic carbocycles. The van der Waals surface area contributed by atoms with Crippen LogP contribution in [0.2, 0.25) is 0 Å². The maximum Gasteiger partial charge on any atom is 0.407 e. The highest BCUT2D eigenvalue weighted by Gasteiger charge is 2.21. The first-order chi connectivity index (χ1) is 14.3. The van der Waals surface area contributed by atoms with Gasteiger partial charge in [-0.15, -0.1) is 24.0 Å². The average molecular weight is 545 g/mol. The van der Waals surface area contributed by atoms with E-state index in [4.69, 9.17) is 4.74 Å². The fourth-order valence-electron chi connectivity index (χ4n) is 3.16. The molecule has 1 saturated heterocycles. The zero-order valence-corrected chi connectivity index (χ0v) is 21.3. The molecule has 1 aliphatic rings. The van der Waals surface area contributed by atoms with Crippen LogP contribution >= 0.6 is 24.0 Å². The van der Waals surface area contributed by atoms with Gasteiger partial charge in [0, 0.05) is 46.2 Å². The lowest BCUT2D eigenvalue weighted by Gasteiger charge is -2.20. The van der Waals surface area contributed by atoms with Gasteiger partial charge in [0.2, 0.25) is 5.91 Å². The fraction of sp³-hybridized carbons (Fsp3) is 0.591. The lowest BCUT2D eigenvalue weighted by atomic mass is 10.1. The lowest BCUT2D eigenvalue weighted by molar-refractivity contribution is -0.128. The summed E-state index contributed by atoms with van der Waals surface area (Å²) in [6, 6.07) is 8.15. The van der Waals surface area contributed by atoms with Gasteiger partial charge in [0.05, 0.1) is 0 Å². The van der Waals surface area contributed by atoms with Crippen molar-refractivity contribution >= 4 is 41.9 Å². The Morgan fingerprint density at radius 3 is 2.42 bits per heavy atom. The summed E-state index contributed by atoms with van der Waals surface area (Å²) in [6.07, 6.45) is 1.93. The number of aliphatic imine (C=N–C) groups is 1. The predicted molar refractivity (Wildman–Crippen MR) is 134 cm³/mol. The zero-order valence-electron chi connectivity index (χ0n) is 19.0. The molecule has 0 aromatic heterocycles. The van der Waals surface area contributed by atoms with Crippen LogP contribution in [0.15, 0.2) is 29.3 Å². The van der Waals surface area contributed by atoms with Crippen molar-refractivity contribution < 1.29 is 14.3 Å². The second kappa shape index (κ2) is 13.4. The van der Waals surface area contributed by atoms with Crippen molar-refractivity contribution in [1.29, 1.82) is 0 Å². The standard InChI is InChI=1S/C22H35N5O3.HI/c1-22(2,3)30-21(29)25-13-8-12-24-20(23-4)26-15-17-9-5-6-10-18(17)16-27-14-7-11-19(27)28;/h5-6,9-10H,7-8,11-16H2,1-4H3,(H,25,29)(H2,23,24,26);1H. The van der Waals surface area contributed by atoms with E-state index in [0.717, 1.165) is 30.5 Å². The minimum atomic E-state index is -0.493. The summed E-state index contributed by atoms with van der Waals surface area (Å²) in [5, 5.41) is 9.30. The quantitative estimate of drug-likeness (QED) is 0.202. The third-order valence-electron chi connectivity index (χ3n) is 4.64. The first-order valence-electron chi connectivity index (χ1n) is 10.5. The Kier molecular flexibility index (Phi) is 11.7. The molecule has 0 radical (unpaired) electrons. The molecule has 1 aliphatic heterocycles. The Hall–Kier alpha value is -2.04. The van der Waals surface area contributed by atoms with Crippen LogP contribution in [0, 0.1) is 0 Å². The van der Waals surface area contributed by atoms with Crippen molar-refractivity contribution in [3.05, 3.63) is 35.4 Å². The molecule has 1 fully saturated rings. The van der Waals surface area contributed by atoms with Gasteiger partial charge in [-0.05, 0) is 44.7 Å². The SMILES string of the molecule is CN=C(NCCCNC(=O)OC(C)(C)C)NCc1ccccc1CN1CCCC1=O.I. The number of hydrogen-bond donors (Lipinski definition) is 3. The van der Waals surface area contributed by atoms with Gasteiger partial charge in [0.25, 0.3) is 0 Å². The van der Waals surface area contributed by atoms with Gasteiger partial charge in [0.15, 0.2) is 5.96 Å². The van der Waals surface area contributed by atoms with Crippen molar-refractivity contribution in [2.75, 3.05) is 26.7 Å². The summed E-state index contributed by atoms with van der Waals surface area (Å²) in [4.78, 5) is 29.7. The molecular weight excluding hydrogens is 509 g/mol. The van der Waals surface area contributed by atoms with Crippen molar-refractivity contribution in [3.8, 4) is 0 Å². The first kappa shape index (κ1) is 27.0. The Balaban J connectivity index is 0.00000480. The second-order valence-corrected chi connectivity index (χ2v) is 8.32. The van der Waals surface area contributed by atoms with Crippen LogP contribution in [0.4, 0.5) is 4.79 Å². The first-order valence-corrected chi connectivity index (χ1v) is 10.5. The lowest BCUT2D eigenvalue weighted by Crippen LogP contribution is -2.39. The van der Waals surface area contributed by atoms with Crippen LogP contribution in [-0.4, -0.2) is 55.1 Å². The highest BCUT2D eigenvalue weighted by atomic mass is 127. The van der Waals surface area contributed by atoms with E-state index in [0.29, 0.717) is 38.6 Å². The number of rotatable bonds is 8. The summed E-state index contributed by atoms with van der Waals surface area (Å²) >= 11 is 0. The topological polar surface area (TPSA) is 95.1 Å². The number of benzene rings is 1. The largest absolute Gasteiger partial charge is 0.444 e. The van der Waals surface area contributed by atoms with Gasteiger partial charge < -0.3 is 25.6 Å². The fourth-order valence-corrected chi connectivity index (χ4v) is 3.16. The van der Waals surface area contributed by atoms with E-state index in [-0.39, 0.29) is 29.9 Å². The number of carbonyl (C=O) groups is 2. The normalized spacial score (nSPS) is 14.1. The molecule has 174 valence electrons. The van der Waals surface area contributed by atoms with Crippen LogP contribution in [-0.2, 0) is 22.6 Å². The van der Waals surface area contributed by atoms with Crippen LogP contribution in [0.25, 0.3) is 0 Å². The van der Waals surface area contributed by atoms with E-state index in [2.05, 4.69) is 33.1 Å². The van der Waals surface area contributed by atoms with E-state index >= 15 is 0 Å². The third kappa shape index (κ3) is 10.2. The summed E-state index contributed by atoms with van der Waals surface area (Å²) in [5.74, 6) is 0.926. The van der Waals surface area contributed by atoms with Gasteiger partial charge >= 0.3 is 6.09 Å². The highest BCUT2D eigenvalue weighted by Crippen LogP contribution is 2.17. The van der Waals surface area contributed by atoms with Gasteiger partial charge in [-0.1, -0.05) is 24.3 Å². The predicted octanol–water partition coefficient (Wildman–Crippen LogP) is 3.01. The van der Waals surface area contributed by atoms with E-state index in [1.165, 1.54) is 0 Å². The van der Waals surface area contributed by atoms with Crippen LogP contribution < -0.4 is 16.0 Å². The van der Waals surface area contributed by atoms with Gasteiger partial charge in [0.1, 0.15) is 5.60 Å². The second-order valence-electron chi connectivity index (χ2n) is 8.32. The maximum atomic E-state index is 11.9. The Morgan fingerprint density at radius 2 is 1.81 bits per heavy atom. The monoisotopic (exact) mass is 545 g/mol. The molecule has 8 nitrogen and oxygen atoms in total. The van der Waals surface area contributed by atoms with E-state index in [9.17, 15) is 9.59 Å². The Bertz CT molecular complexity index is 749. The van der Waals surface area contributed by atoms with Crippen LogP contribution in [0.5, 0.6) is 0 Å². The molecule has 3 N–H and O–H groups in total. The Labute approximate surface area is 202 Å². The minimum Gasteiger partial charge on any atom is -0.444 e. The van der Waals surface area contributed by atoms with E-state index in [1.54, 1.807) is 7.05 Å². The maximum absolute atomic E-state index is 11.9. The number of hydrogen-bond acceptors (Lipinski definition) is 4.